The fraction of sp³-hybridized carbons (Fsp3) is 0.533. The quantitative estimate of drug-likeness (QED) is 0.808. The first-order valence-electron chi connectivity index (χ1n) is 7.23. The normalized spacial score (nSPS) is 23.4. The molecule has 2 heterocycles. The van der Waals surface area contributed by atoms with E-state index in [0.717, 1.165) is 19.6 Å². The van der Waals surface area contributed by atoms with Gasteiger partial charge in [0.05, 0.1) is 10.6 Å². The molecule has 1 amide bonds. The number of benzene rings is 1. The number of rotatable bonds is 1. The minimum atomic E-state index is 0.00697. The Kier molecular flexibility index (Phi) is 3.85. The first kappa shape index (κ1) is 13.7. The van der Waals surface area contributed by atoms with Gasteiger partial charge in [0.1, 0.15) is 0 Å². The van der Waals surface area contributed by atoms with Gasteiger partial charge in [-0.05, 0) is 37.6 Å². The maximum absolute atomic E-state index is 12.6. The number of nitrogens with two attached hydrogens (primary N) is 1. The third-order valence-electron chi connectivity index (χ3n) is 4.35. The summed E-state index contributed by atoms with van der Waals surface area (Å²) in [6.07, 6.45) is 3.74. The molecule has 1 unspecified atom stereocenters. The van der Waals surface area contributed by atoms with E-state index >= 15 is 0 Å². The van der Waals surface area contributed by atoms with Gasteiger partial charge in [-0.15, -0.1) is 0 Å². The lowest BCUT2D eigenvalue weighted by Crippen LogP contribution is -2.56. The van der Waals surface area contributed by atoms with Crippen LogP contribution in [0.1, 0.15) is 29.6 Å². The van der Waals surface area contributed by atoms with Gasteiger partial charge in [0.25, 0.3) is 5.91 Å². The number of hydrogen-bond donors (Lipinski definition) is 1. The first-order chi connectivity index (χ1) is 9.65. The fourth-order valence-electron chi connectivity index (χ4n) is 3.22. The summed E-state index contributed by atoms with van der Waals surface area (Å²) in [6, 6.07) is 5.61. The molecule has 0 spiro atoms. The summed E-state index contributed by atoms with van der Waals surface area (Å²) < 4.78 is 0. The topological polar surface area (TPSA) is 49.6 Å². The summed E-state index contributed by atoms with van der Waals surface area (Å²) in [6.45, 7) is 3.73. The van der Waals surface area contributed by atoms with Crippen molar-refractivity contribution in [2.24, 2.45) is 0 Å². The Morgan fingerprint density at radius 2 is 2.10 bits per heavy atom. The van der Waals surface area contributed by atoms with E-state index in [9.17, 15) is 4.79 Å². The average Bonchev–Trinajstić information content (AvgIpc) is 2.48. The molecule has 2 N–H and O–H groups in total. The van der Waals surface area contributed by atoms with E-state index in [2.05, 4.69) is 4.90 Å². The van der Waals surface area contributed by atoms with Gasteiger partial charge < -0.3 is 10.6 Å². The molecule has 0 radical (unpaired) electrons. The van der Waals surface area contributed by atoms with E-state index in [1.807, 2.05) is 4.90 Å². The van der Waals surface area contributed by atoms with Crippen LogP contribution < -0.4 is 5.73 Å². The summed E-state index contributed by atoms with van der Waals surface area (Å²) in [5, 5.41) is 0.482. The molecule has 5 heteroatoms. The number of piperidine rings is 1. The van der Waals surface area contributed by atoms with E-state index in [1.165, 1.54) is 25.8 Å². The number of amides is 1. The summed E-state index contributed by atoms with van der Waals surface area (Å²) >= 11 is 6.13. The number of nitrogen functional groups attached to an aromatic ring is 1. The molecule has 1 aromatic carbocycles. The number of halogens is 1. The minimum Gasteiger partial charge on any atom is -0.399 e. The van der Waals surface area contributed by atoms with Crippen molar-refractivity contribution in [1.29, 1.82) is 0 Å². The number of hydrogen-bond acceptors (Lipinski definition) is 3. The van der Waals surface area contributed by atoms with Crippen LogP contribution in [0, 0.1) is 0 Å². The minimum absolute atomic E-state index is 0.00697. The summed E-state index contributed by atoms with van der Waals surface area (Å²) in [4.78, 5) is 17.0. The van der Waals surface area contributed by atoms with E-state index in [-0.39, 0.29) is 5.91 Å². The standard InChI is InChI=1S/C15H20ClN3O/c16-14-5-4-11(17)9-13(14)15(20)19-8-7-18-6-2-1-3-12(18)10-19/h4-5,9,12H,1-3,6-8,10,17H2. The van der Waals surface area contributed by atoms with Gasteiger partial charge in [0.2, 0.25) is 0 Å². The van der Waals surface area contributed by atoms with Crippen LogP contribution in [-0.4, -0.2) is 47.9 Å². The molecular weight excluding hydrogens is 274 g/mol. The Hall–Kier alpha value is -1.26. The molecule has 2 aliphatic rings. The van der Waals surface area contributed by atoms with Crippen molar-refractivity contribution < 1.29 is 4.79 Å². The summed E-state index contributed by atoms with van der Waals surface area (Å²) in [7, 11) is 0. The van der Waals surface area contributed by atoms with E-state index in [0.29, 0.717) is 22.3 Å². The average molecular weight is 294 g/mol. The second-order valence-corrected chi connectivity index (χ2v) is 6.08. The Morgan fingerprint density at radius 3 is 2.95 bits per heavy atom. The zero-order valence-corrected chi connectivity index (χ0v) is 12.3. The van der Waals surface area contributed by atoms with Gasteiger partial charge in [-0.1, -0.05) is 18.0 Å². The van der Waals surface area contributed by atoms with Gasteiger partial charge in [-0.25, -0.2) is 0 Å². The highest BCUT2D eigenvalue weighted by Gasteiger charge is 2.31. The second kappa shape index (κ2) is 5.62. The van der Waals surface area contributed by atoms with Crippen molar-refractivity contribution in [3.05, 3.63) is 28.8 Å². The smallest absolute Gasteiger partial charge is 0.255 e. The largest absolute Gasteiger partial charge is 0.399 e. The Bertz CT molecular complexity index is 520. The Balaban J connectivity index is 1.76. The van der Waals surface area contributed by atoms with Crippen LogP contribution in [-0.2, 0) is 0 Å². The van der Waals surface area contributed by atoms with Gasteiger partial charge in [-0.3, -0.25) is 9.69 Å². The summed E-state index contributed by atoms with van der Waals surface area (Å²) in [5.41, 5.74) is 6.87. The first-order valence-corrected chi connectivity index (χ1v) is 7.61. The lowest BCUT2D eigenvalue weighted by atomic mass is 9.99. The molecule has 3 rings (SSSR count). The second-order valence-electron chi connectivity index (χ2n) is 5.68. The Morgan fingerprint density at radius 1 is 1.25 bits per heavy atom. The highest BCUT2D eigenvalue weighted by molar-refractivity contribution is 6.34. The monoisotopic (exact) mass is 293 g/mol. The lowest BCUT2D eigenvalue weighted by molar-refractivity contribution is 0.0372. The third kappa shape index (κ3) is 2.63. The number of piperazine rings is 1. The van der Waals surface area contributed by atoms with Crippen LogP contribution in [0.2, 0.25) is 5.02 Å². The zero-order valence-electron chi connectivity index (χ0n) is 11.5. The Labute approximate surface area is 124 Å². The maximum Gasteiger partial charge on any atom is 0.255 e. The molecule has 0 aromatic heterocycles. The van der Waals surface area contributed by atoms with E-state index in [4.69, 9.17) is 17.3 Å². The molecule has 1 aromatic rings. The summed E-state index contributed by atoms with van der Waals surface area (Å²) in [5.74, 6) is 0.00697. The molecule has 0 bridgehead atoms. The van der Waals surface area contributed by atoms with Gasteiger partial charge in [0.15, 0.2) is 0 Å². The van der Waals surface area contributed by atoms with E-state index < -0.39 is 0 Å². The lowest BCUT2D eigenvalue weighted by Gasteiger charge is -2.44. The SMILES string of the molecule is Nc1ccc(Cl)c(C(=O)N2CCN3CCCCC3C2)c1. The van der Waals surface area contributed by atoms with Crippen LogP contribution in [0.5, 0.6) is 0 Å². The van der Waals surface area contributed by atoms with Crippen molar-refractivity contribution in [2.45, 2.75) is 25.3 Å². The molecule has 20 heavy (non-hydrogen) atoms. The van der Waals surface area contributed by atoms with Crippen LogP contribution in [0.3, 0.4) is 0 Å². The van der Waals surface area contributed by atoms with Gasteiger partial charge >= 0.3 is 0 Å². The molecule has 0 saturated carbocycles. The molecular formula is C15H20ClN3O. The van der Waals surface area contributed by atoms with Crippen molar-refractivity contribution in [2.75, 3.05) is 31.9 Å². The molecule has 0 aliphatic carbocycles. The highest BCUT2D eigenvalue weighted by atomic mass is 35.5. The molecule has 2 fully saturated rings. The molecule has 4 nitrogen and oxygen atoms in total. The maximum atomic E-state index is 12.6. The van der Waals surface area contributed by atoms with Crippen LogP contribution in [0.15, 0.2) is 18.2 Å². The van der Waals surface area contributed by atoms with Gasteiger partial charge in [0, 0.05) is 31.4 Å². The van der Waals surface area contributed by atoms with Crippen molar-refractivity contribution in [3.8, 4) is 0 Å². The fourth-order valence-corrected chi connectivity index (χ4v) is 3.42. The van der Waals surface area contributed by atoms with Crippen molar-refractivity contribution in [3.63, 3.8) is 0 Å². The van der Waals surface area contributed by atoms with Crippen molar-refractivity contribution >= 4 is 23.2 Å². The molecule has 1 atom stereocenters. The van der Waals surface area contributed by atoms with E-state index in [1.54, 1.807) is 18.2 Å². The predicted molar refractivity (Wildman–Crippen MR) is 81.0 cm³/mol. The van der Waals surface area contributed by atoms with Crippen LogP contribution in [0.25, 0.3) is 0 Å². The number of nitrogens with zero attached hydrogens (tertiary/aromatic N) is 2. The molecule has 2 saturated heterocycles. The number of fused-ring (bicyclic) bond motifs is 1. The van der Waals surface area contributed by atoms with Crippen LogP contribution >= 0.6 is 11.6 Å². The number of carbonyl (C=O) groups is 1. The predicted octanol–water partition coefficient (Wildman–Crippen LogP) is 2.23. The number of anilines is 1. The highest BCUT2D eigenvalue weighted by Crippen LogP contribution is 2.25. The number of carbonyl (C=O) groups excluding carboxylic acids is 1. The molecule has 2 aliphatic heterocycles. The third-order valence-corrected chi connectivity index (χ3v) is 4.67. The van der Waals surface area contributed by atoms with Gasteiger partial charge in [-0.2, -0.15) is 0 Å². The molecule has 108 valence electrons. The van der Waals surface area contributed by atoms with Crippen LogP contribution in [0.4, 0.5) is 5.69 Å². The zero-order chi connectivity index (χ0) is 14.1. The van der Waals surface area contributed by atoms with Crippen molar-refractivity contribution in [1.82, 2.24) is 9.80 Å².